The first-order valence-electron chi connectivity index (χ1n) is 10.2. The summed E-state index contributed by atoms with van der Waals surface area (Å²) in [7, 11) is 0. The molecule has 1 aliphatic heterocycles. The average molecular weight is 542 g/mol. The Morgan fingerprint density at radius 2 is 1.90 bits per heavy atom. The number of piperazine rings is 1. The molecule has 3 rings (SSSR count). The Hall–Kier alpha value is -1.88. The molecule has 0 unspecified atom stereocenters. The van der Waals surface area contributed by atoms with E-state index < -0.39 is 0 Å². The molecule has 2 aromatic rings. The standard InChI is InChI=1S/C21H30N6OS.HI/c1-3-22-21(23-10-9-18-16-29-17(2)25-18)24-15-20(28)27-13-11-26(12-14-27)19-7-5-4-6-8-19;/h4-8,16H,3,9-15H2,1-2H3,(H2,22,23,24);1H. The summed E-state index contributed by atoms with van der Waals surface area (Å²) in [5, 5.41) is 9.66. The van der Waals surface area contributed by atoms with E-state index in [1.165, 1.54) is 5.69 Å². The molecule has 1 amide bonds. The van der Waals surface area contributed by atoms with Gasteiger partial charge in [-0.15, -0.1) is 35.3 Å². The second-order valence-corrected chi connectivity index (χ2v) is 8.00. The van der Waals surface area contributed by atoms with E-state index in [4.69, 9.17) is 0 Å². The molecule has 0 atom stereocenters. The number of aryl methyl sites for hydroxylation is 1. The van der Waals surface area contributed by atoms with Gasteiger partial charge in [-0.3, -0.25) is 4.79 Å². The zero-order valence-corrected chi connectivity index (χ0v) is 20.8. The number of carbonyl (C=O) groups excluding carboxylic acids is 1. The quantitative estimate of drug-likeness (QED) is 0.320. The number of para-hydroxylation sites is 1. The maximum absolute atomic E-state index is 12.6. The Balaban J connectivity index is 0.00000320. The van der Waals surface area contributed by atoms with Crippen molar-refractivity contribution in [3.05, 3.63) is 46.4 Å². The zero-order valence-electron chi connectivity index (χ0n) is 17.6. The van der Waals surface area contributed by atoms with Crippen LogP contribution >= 0.6 is 35.3 Å². The number of halogens is 1. The highest BCUT2D eigenvalue weighted by atomic mass is 127. The van der Waals surface area contributed by atoms with Crippen molar-refractivity contribution in [2.45, 2.75) is 20.3 Å². The van der Waals surface area contributed by atoms with E-state index in [-0.39, 0.29) is 36.4 Å². The van der Waals surface area contributed by atoms with Crippen molar-refractivity contribution in [3.63, 3.8) is 0 Å². The Bertz CT molecular complexity index is 805. The van der Waals surface area contributed by atoms with Crippen LogP contribution in [0.4, 0.5) is 5.69 Å². The van der Waals surface area contributed by atoms with Gasteiger partial charge in [0.05, 0.1) is 10.7 Å². The van der Waals surface area contributed by atoms with Gasteiger partial charge >= 0.3 is 0 Å². The number of hydrogen-bond donors (Lipinski definition) is 2. The van der Waals surface area contributed by atoms with Gasteiger partial charge in [0.1, 0.15) is 6.54 Å². The largest absolute Gasteiger partial charge is 0.368 e. The van der Waals surface area contributed by atoms with Crippen molar-refractivity contribution in [1.29, 1.82) is 0 Å². The van der Waals surface area contributed by atoms with Gasteiger partial charge in [-0.05, 0) is 26.0 Å². The summed E-state index contributed by atoms with van der Waals surface area (Å²) in [5.74, 6) is 0.751. The molecule has 0 bridgehead atoms. The van der Waals surface area contributed by atoms with Crippen molar-refractivity contribution in [3.8, 4) is 0 Å². The fourth-order valence-corrected chi connectivity index (χ4v) is 3.92. The van der Waals surface area contributed by atoms with E-state index in [2.05, 4.69) is 43.0 Å². The Labute approximate surface area is 200 Å². The second-order valence-electron chi connectivity index (χ2n) is 6.93. The lowest BCUT2D eigenvalue weighted by Gasteiger charge is -2.36. The molecule has 1 aromatic carbocycles. The smallest absolute Gasteiger partial charge is 0.244 e. The number of nitrogens with one attached hydrogen (secondary N) is 2. The molecule has 1 saturated heterocycles. The van der Waals surface area contributed by atoms with E-state index in [0.29, 0.717) is 5.96 Å². The van der Waals surface area contributed by atoms with Gasteiger partial charge in [0, 0.05) is 56.8 Å². The third-order valence-corrected chi connectivity index (χ3v) is 5.63. The molecule has 7 nitrogen and oxygen atoms in total. The first kappa shape index (κ1) is 24.4. The molecule has 1 aliphatic rings. The molecular weight excluding hydrogens is 511 g/mol. The van der Waals surface area contributed by atoms with Crippen LogP contribution in [0.2, 0.25) is 0 Å². The van der Waals surface area contributed by atoms with E-state index in [9.17, 15) is 4.79 Å². The molecule has 2 N–H and O–H groups in total. The van der Waals surface area contributed by atoms with Gasteiger partial charge < -0.3 is 20.4 Å². The van der Waals surface area contributed by atoms with Crippen molar-refractivity contribution in [2.24, 2.45) is 4.99 Å². The van der Waals surface area contributed by atoms with Crippen LogP contribution in [-0.2, 0) is 11.2 Å². The predicted molar refractivity (Wildman–Crippen MR) is 135 cm³/mol. The average Bonchev–Trinajstić information content (AvgIpc) is 3.17. The second kappa shape index (κ2) is 12.7. The van der Waals surface area contributed by atoms with Crippen molar-refractivity contribution in [2.75, 3.05) is 50.7 Å². The third kappa shape index (κ3) is 7.42. The lowest BCUT2D eigenvalue weighted by molar-refractivity contribution is -0.129. The van der Waals surface area contributed by atoms with Crippen LogP contribution in [0.15, 0.2) is 40.7 Å². The summed E-state index contributed by atoms with van der Waals surface area (Å²) >= 11 is 1.66. The first-order chi connectivity index (χ1) is 14.2. The fraction of sp³-hybridized carbons (Fsp3) is 0.476. The summed E-state index contributed by atoms with van der Waals surface area (Å²) < 4.78 is 0. The maximum atomic E-state index is 12.6. The first-order valence-corrected chi connectivity index (χ1v) is 11.0. The van der Waals surface area contributed by atoms with Gasteiger partial charge in [-0.1, -0.05) is 18.2 Å². The van der Waals surface area contributed by atoms with E-state index in [0.717, 1.165) is 56.4 Å². The summed E-state index contributed by atoms with van der Waals surface area (Å²) in [6.07, 6.45) is 0.837. The Morgan fingerprint density at radius 3 is 2.53 bits per heavy atom. The van der Waals surface area contributed by atoms with Crippen LogP contribution in [-0.4, -0.2) is 67.6 Å². The number of amides is 1. The number of hydrogen-bond acceptors (Lipinski definition) is 5. The maximum Gasteiger partial charge on any atom is 0.244 e. The molecule has 0 saturated carbocycles. The number of thiazole rings is 1. The lowest BCUT2D eigenvalue weighted by Crippen LogP contribution is -2.49. The number of aromatic nitrogens is 1. The van der Waals surface area contributed by atoms with Crippen LogP contribution in [0.1, 0.15) is 17.6 Å². The molecule has 164 valence electrons. The Kier molecular flexibility index (Phi) is 10.4. The SMILES string of the molecule is CCNC(=NCC(=O)N1CCN(c2ccccc2)CC1)NCCc1csc(C)n1.I. The van der Waals surface area contributed by atoms with E-state index in [1.54, 1.807) is 11.3 Å². The minimum absolute atomic E-state index is 0. The van der Waals surface area contributed by atoms with Crippen molar-refractivity contribution < 1.29 is 4.79 Å². The number of anilines is 1. The minimum Gasteiger partial charge on any atom is -0.368 e. The van der Waals surface area contributed by atoms with Gasteiger partial charge in [0.15, 0.2) is 5.96 Å². The van der Waals surface area contributed by atoms with Crippen LogP contribution in [0.5, 0.6) is 0 Å². The highest BCUT2D eigenvalue weighted by molar-refractivity contribution is 14.0. The normalized spacial score (nSPS) is 14.3. The molecule has 1 fully saturated rings. The molecule has 1 aromatic heterocycles. The molecule has 30 heavy (non-hydrogen) atoms. The lowest BCUT2D eigenvalue weighted by atomic mass is 10.2. The number of nitrogens with zero attached hydrogens (tertiary/aromatic N) is 4. The molecule has 0 radical (unpaired) electrons. The van der Waals surface area contributed by atoms with Gasteiger partial charge in [-0.25, -0.2) is 9.98 Å². The number of carbonyl (C=O) groups is 1. The van der Waals surface area contributed by atoms with Gasteiger partial charge in [0.25, 0.3) is 0 Å². The third-order valence-electron chi connectivity index (χ3n) is 4.81. The Morgan fingerprint density at radius 1 is 1.17 bits per heavy atom. The molecular formula is C21H31IN6OS. The molecule has 0 spiro atoms. The number of guanidine groups is 1. The van der Waals surface area contributed by atoms with Gasteiger partial charge in [-0.2, -0.15) is 0 Å². The summed E-state index contributed by atoms with van der Waals surface area (Å²) in [5.41, 5.74) is 2.30. The highest BCUT2D eigenvalue weighted by Crippen LogP contribution is 2.15. The zero-order chi connectivity index (χ0) is 20.5. The van der Waals surface area contributed by atoms with E-state index >= 15 is 0 Å². The molecule has 0 aliphatic carbocycles. The van der Waals surface area contributed by atoms with Crippen molar-refractivity contribution in [1.82, 2.24) is 20.5 Å². The molecule has 2 heterocycles. The summed E-state index contributed by atoms with van der Waals surface area (Å²) in [4.78, 5) is 25.8. The number of benzene rings is 1. The van der Waals surface area contributed by atoms with Crippen LogP contribution < -0.4 is 15.5 Å². The van der Waals surface area contributed by atoms with Crippen LogP contribution in [0.3, 0.4) is 0 Å². The number of rotatable bonds is 7. The van der Waals surface area contributed by atoms with E-state index in [1.807, 2.05) is 36.9 Å². The monoisotopic (exact) mass is 542 g/mol. The topological polar surface area (TPSA) is 72.9 Å². The highest BCUT2D eigenvalue weighted by Gasteiger charge is 2.20. The van der Waals surface area contributed by atoms with Gasteiger partial charge in [0.2, 0.25) is 5.91 Å². The number of aliphatic imine (C=N–C) groups is 1. The van der Waals surface area contributed by atoms with Crippen LogP contribution in [0.25, 0.3) is 0 Å². The summed E-state index contributed by atoms with van der Waals surface area (Å²) in [6.45, 7) is 8.85. The fourth-order valence-electron chi connectivity index (χ4n) is 3.27. The molecule has 9 heteroatoms. The minimum atomic E-state index is 0. The summed E-state index contributed by atoms with van der Waals surface area (Å²) in [6, 6.07) is 10.3. The van der Waals surface area contributed by atoms with Crippen LogP contribution in [0, 0.1) is 6.92 Å². The van der Waals surface area contributed by atoms with Crippen molar-refractivity contribution >= 4 is 52.9 Å². The predicted octanol–water partition coefficient (Wildman–Crippen LogP) is 2.52.